The lowest BCUT2D eigenvalue weighted by Crippen LogP contribution is -2.28. The first-order chi connectivity index (χ1) is 10.6. The van der Waals surface area contributed by atoms with E-state index in [1.54, 1.807) is 38.0 Å². The molecule has 7 nitrogen and oxygen atoms in total. The van der Waals surface area contributed by atoms with E-state index in [9.17, 15) is 13.2 Å². The van der Waals surface area contributed by atoms with E-state index < -0.39 is 16.0 Å². The number of imidazole rings is 1. The van der Waals surface area contributed by atoms with Crippen LogP contribution >= 0.6 is 0 Å². The number of aryl methyl sites for hydroxylation is 2. The van der Waals surface area contributed by atoms with Gasteiger partial charge in [0, 0.05) is 20.3 Å². The highest BCUT2D eigenvalue weighted by Crippen LogP contribution is 2.24. The third-order valence-electron chi connectivity index (χ3n) is 3.86. The van der Waals surface area contributed by atoms with Gasteiger partial charge in [0.2, 0.25) is 10.0 Å². The van der Waals surface area contributed by atoms with E-state index >= 15 is 0 Å². The molecule has 8 heteroatoms. The number of carboxylic acid groups (broad SMARTS) is 1. The lowest BCUT2D eigenvalue weighted by Gasteiger charge is -2.20. The second-order valence-electron chi connectivity index (χ2n) is 5.48. The van der Waals surface area contributed by atoms with Gasteiger partial charge in [0.15, 0.2) is 0 Å². The van der Waals surface area contributed by atoms with E-state index in [2.05, 4.69) is 4.98 Å². The van der Waals surface area contributed by atoms with Gasteiger partial charge in [0.1, 0.15) is 0 Å². The number of carboxylic acids is 1. The van der Waals surface area contributed by atoms with Gasteiger partial charge >= 0.3 is 5.97 Å². The summed E-state index contributed by atoms with van der Waals surface area (Å²) in [6.07, 6.45) is 3.19. The van der Waals surface area contributed by atoms with E-state index in [4.69, 9.17) is 5.11 Å². The van der Waals surface area contributed by atoms with Gasteiger partial charge in [-0.15, -0.1) is 0 Å². The summed E-state index contributed by atoms with van der Waals surface area (Å²) in [5, 5.41) is 9.15. The molecule has 0 spiro atoms. The molecule has 2 rings (SSSR count). The highest BCUT2D eigenvalue weighted by molar-refractivity contribution is 7.89. The molecule has 23 heavy (non-hydrogen) atoms. The molecule has 124 valence electrons. The number of aromatic carboxylic acids is 1. The van der Waals surface area contributed by atoms with Crippen molar-refractivity contribution >= 4 is 16.0 Å². The largest absolute Gasteiger partial charge is 0.478 e. The Morgan fingerprint density at radius 2 is 2.00 bits per heavy atom. The molecule has 1 N–H and O–H groups in total. The summed E-state index contributed by atoms with van der Waals surface area (Å²) in [6, 6.07) is 2.68. The molecular formula is C15H19N3O4S. The Bertz CT molecular complexity index is 856. The zero-order valence-electron chi connectivity index (χ0n) is 13.4. The first kappa shape index (κ1) is 17.2. The van der Waals surface area contributed by atoms with Crippen molar-refractivity contribution in [2.75, 3.05) is 7.05 Å². The SMILES string of the molecule is Cc1cc(C(=O)O)cc(S(=O)(=O)N(C)Cc2cncn2C)c1C. The smallest absolute Gasteiger partial charge is 0.335 e. The second kappa shape index (κ2) is 6.13. The normalized spacial score (nSPS) is 11.9. The van der Waals surface area contributed by atoms with Crippen LogP contribution in [-0.4, -0.2) is 40.4 Å². The molecule has 0 fully saturated rings. The highest BCUT2D eigenvalue weighted by Gasteiger charge is 2.26. The summed E-state index contributed by atoms with van der Waals surface area (Å²) < 4.78 is 28.6. The van der Waals surface area contributed by atoms with Gasteiger partial charge in [-0.25, -0.2) is 18.2 Å². The van der Waals surface area contributed by atoms with Crippen LogP contribution in [0, 0.1) is 13.8 Å². The topological polar surface area (TPSA) is 92.5 Å². The Hall–Kier alpha value is -2.19. The fraction of sp³-hybridized carbons (Fsp3) is 0.333. The summed E-state index contributed by atoms with van der Waals surface area (Å²) in [4.78, 5) is 15.2. The van der Waals surface area contributed by atoms with Crippen LogP contribution in [0.25, 0.3) is 0 Å². The minimum absolute atomic E-state index is 0.0135. The first-order valence-electron chi connectivity index (χ1n) is 6.90. The summed E-state index contributed by atoms with van der Waals surface area (Å²) in [5.74, 6) is -1.15. The average Bonchev–Trinajstić information content (AvgIpc) is 2.86. The predicted octanol–water partition coefficient (Wildman–Crippen LogP) is 1.56. The van der Waals surface area contributed by atoms with Crippen LogP contribution in [0.1, 0.15) is 27.2 Å². The van der Waals surface area contributed by atoms with Gasteiger partial charge in [0.05, 0.1) is 29.0 Å². The molecule has 0 saturated heterocycles. The number of carbonyl (C=O) groups is 1. The maximum absolute atomic E-state index is 12.8. The van der Waals surface area contributed by atoms with Crippen molar-refractivity contribution in [3.8, 4) is 0 Å². The van der Waals surface area contributed by atoms with E-state index in [1.165, 1.54) is 23.5 Å². The van der Waals surface area contributed by atoms with Crippen LogP contribution in [0.2, 0.25) is 0 Å². The fourth-order valence-corrected chi connectivity index (χ4v) is 3.70. The molecule has 0 aliphatic carbocycles. The van der Waals surface area contributed by atoms with Gasteiger partial charge in [-0.05, 0) is 37.1 Å². The van der Waals surface area contributed by atoms with Crippen molar-refractivity contribution in [1.82, 2.24) is 13.9 Å². The molecule has 1 heterocycles. The summed E-state index contributed by atoms with van der Waals surface area (Å²) in [7, 11) is -0.568. The zero-order chi connectivity index (χ0) is 17.4. The monoisotopic (exact) mass is 337 g/mol. The lowest BCUT2D eigenvalue weighted by molar-refractivity contribution is 0.0696. The predicted molar refractivity (Wildman–Crippen MR) is 84.7 cm³/mol. The van der Waals surface area contributed by atoms with Gasteiger partial charge in [-0.1, -0.05) is 0 Å². The lowest BCUT2D eigenvalue weighted by atomic mass is 10.1. The van der Waals surface area contributed by atoms with E-state index in [-0.39, 0.29) is 17.0 Å². The number of benzene rings is 1. The summed E-state index contributed by atoms with van der Waals surface area (Å²) in [5.41, 5.74) is 1.87. The number of rotatable bonds is 5. The van der Waals surface area contributed by atoms with Crippen molar-refractivity contribution in [1.29, 1.82) is 0 Å². The molecule has 0 atom stereocenters. The number of aromatic nitrogens is 2. The van der Waals surface area contributed by atoms with Crippen LogP contribution in [0.3, 0.4) is 0 Å². The zero-order valence-corrected chi connectivity index (χ0v) is 14.3. The molecule has 0 aliphatic rings. The molecule has 0 bridgehead atoms. The van der Waals surface area contributed by atoms with Crippen LogP contribution in [0.5, 0.6) is 0 Å². The maximum Gasteiger partial charge on any atom is 0.335 e. The Kier molecular flexibility index (Phi) is 4.58. The first-order valence-corrected chi connectivity index (χ1v) is 8.34. The fourth-order valence-electron chi connectivity index (χ4n) is 2.24. The minimum atomic E-state index is -3.81. The standard InChI is InChI=1S/C15H19N3O4S/c1-10-5-12(15(19)20)6-14(11(10)2)23(21,22)18(4)8-13-7-16-9-17(13)3/h5-7,9H,8H2,1-4H3,(H,19,20). The number of hydrogen-bond acceptors (Lipinski definition) is 4. The Morgan fingerprint density at radius 3 is 2.52 bits per heavy atom. The highest BCUT2D eigenvalue weighted by atomic mass is 32.2. The van der Waals surface area contributed by atoms with E-state index in [1.807, 2.05) is 0 Å². The second-order valence-corrected chi connectivity index (χ2v) is 7.49. The van der Waals surface area contributed by atoms with Crippen LogP contribution in [0.4, 0.5) is 0 Å². The molecule has 0 amide bonds. The van der Waals surface area contributed by atoms with Crippen LogP contribution in [0.15, 0.2) is 29.6 Å². The minimum Gasteiger partial charge on any atom is -0.478 e. The van der Waals surface area contributed by atoms with Gasteiger partial charge in [-0.3, -0.25) is 0 Å². The Morgan fingerprint density at radius 1 is 1.35 bits per heavy atom. The molecule has 1 aromatic carbocycles. The van der Waals surface area contributed by atoms with Crippen LogP contribution in [-0.2, 0) is 23.6 Å². The van der Waals surface area contributed by atoms with Gasteiger partial charge in [0.25, 0.3) is 0 Å². The summed E-state index contributed by atoms with van der Waals surface area (Å²) >= 11 is 0. The molecule has 0 radical (unpaired) electrons. The third-order valence-corrected chi connectivity index (χ3v) is 5.79. The molecule has 0 saturated carbocycles. The van der Waals surface area contributed by atoms with E-state index in [0.29, 0.717) is 11.1 Å². The number of nitrogens with zero attached hydrogens (tertiary/aromatic N) is 3. The molecule has 1 aromatic heterocycles. The van der Waals surface area contributed by atoms with Crippen molar-refractivity contribution in [2.45, 2.75) is 25.3 Å². The van der Waals surface area contributed by atoms with E-state index in [0.717, 1.165) is 5.69 Å². The third kappa shape index (κ3) is 3.27. The number of sulfonamides is 1. The Labute approximate surface area is 135 Å². The summed E-state index contributed by atoms with van der Waals surface area (Å²) in [6.45, 7) is 3.52. The molecular weight excluding hydrogens is 318 g/mol. The number of hydrogen-bond donors (Lipinski definition) is 1. The molecule has 0 unspecified atom stereocenters. The quantitative estimate of drug-likeness (QED) is 0.894. The van der Waals surface area contributed by atoms with Crippen LogP contribution < -0.4 is 0 Å². The van der Waals surface area contributed by atoms with Crippen molar-refractivity contribution in [3.05, 3.63) is 47.0 Å². The van der Waals surface area contributed by atoms with Crippen molar-refractivity contribution < 1.29 is 18.3 Å². The van der Waals surface area contributed by atoms with Gasteiger partial charge in [-0.2, -0.15) is 4.31 Å². The maximum atomic E-state index is 12.8. The average molecular weight is 337 g/mol. The van der Waals surface area contributed by atoms with Gasteiger partial charge < -0.3 is 9.67 Å². The molecule has 2 aromatic rings. The van der Waals surface area contributed by atoms with Crippen molar-refractivity contribution in [2.24, 2.45) is 7.05 Å². The Balaban J connectivity index is 2.47. The van der Waals surface area contributed by atoms with Crippen molar-refractivity contribution in [3.63, 3.8) is 0 Å². The molecule has 0 aliphatic heterocycles.